The van der Waals surface area contributed by atoms with Crippen LogP contribution in [0.5, 0.6) is 0 Å². The molecule has 0 unspecified atom stereocenters. The van der Waals surface area contributed by atoms with Crippen LogP contribution in [0.3, 0.4) is 0 Å². The molecule has 18 heavy (non-hydrogen) atoms. The first kappa shape index (κ1) is 14.0. The Morgan fingerprint density at radius 1 is 1.39 bits per heavy atom. The molecule has 5 nitrogen and oxygen atoms in total. The molecule has 0 spiro atoms. The largest absolute Gasteiger partial charge is 0.481 e. The van der Waals surface area contributed by atoms with E-state index in [9.17, 15) is 9.59 Å². The lowest BCUT2D eigenvalue weighted by molar-refractivity contribution is -0.138. The smallest absolute Gasteiger partial charge is 0.318 e. The number of carbonyl (C=O) groups excluding carboxylic acids is 1. The van der Waals surface area contributed by atoms with Gasteiger partial charge in [-0.2, -0.15) is 0 Å². The summed E-state index contributed by atoms with van der Waals surface area (Å²) >= 11 is 0. The molecule has 1 aromatic carbocycles. The van der Waals surface area contributed by atoms with Crippen molar-refractivity contribution in [3.8, 4) is 0 Å². The number of carboxylic acids is 1. The number of amides is 2. The van der Waals surface area contributed by atoms with Crippen LogP contribution >= 0.6 is 0 Å². The molecular formula is C13H18N2O3. The zero-order valence-corrected chi connectivity index (χ0v) is 10.8. The molecule has 3 N–H and O–H groups in total. The fraction of sp³-hybridized carbons (Fsp3) is 0.385. The highest BCUT2D eigenvalue weighted by atomic mass is 16.4. The molecule has 0 saturated carbocycles. The number of carbonyl (C=O) groups is 2. The maximum Gasteiger partial charge on any atom is 0.318 e. The quantitative estimate of drug-likeness (QED) is 0.856. The Morgan fingerprint density at radius 3 is 2.50 bits per heavy atom. The van der Waals surface area contributed by atoms with Crippen molar-refractivity contribution in [3.63, 3.8) is 0 Å². The summed E-state index contributed by atoms with van der Waals surface area (Å²) in [5.74, 6) is -0.853. The van der Waals surface area contributed by atoms with Gasteiger partial charge >= 0.3 is 12.0 Å². The Balaban J connectivity index is 3.08. The zero-order chi connectivity index (χ0) is 13.9. The van der Waals surface area contributed by atoms with Crippen LogP contribution in [-0.4, -0.2) is 24.2 Å². The van der Waals surface area contributed by atoms with Gasteiger partial charge in [0.25, 0.3) is 0 Å². The van der Waals surface area contributed by atoms with E-state index in [1.54, 1.807) is 25.2 Å². The minimum absolute atomic E-state index is 0.0245. The molecule has 1 aromatic rings. The van der Waals surface area contributed by atoms with Gasteiger partial charge < -0.3 is 10.8 Å². The van der Waals surface area contributed by atoms with E-state index >= 15 is 0 Å². The number of anilines is 1. The number of benzene rings is 1. The van der Waals surface area contributed by atoms with Crippen molar-refractivity contribution >= 4 is 17.7 Å². The summed E-state index contributed by atoms with van der Waals surface area (Å²) in [6.07, 6.45) is 0.0245. The summed E-state index contributed by atoms with van der Waals surface area (Å²) in [6.45, 7) is 3.70. The van der Waals surface area contributed by atoms with Crippen molar-refractivity contribution in [1.82, 2.24) is 0 Å². The van der Waals surface area contributed by atoms with Crippen LogP contribution in [0.25, 0.3) is 0 Å². The first-order chi connectivity index (χ1) is 8.24. The van der Waals surface area contributed by atoms with Crippen LogP contribution in [0, 0.1) is 0 Å². The first-order valence-electron chi connectivity index (χ1n) is 5.59. The summed E-state index contributed by atoms with van der Waals surface area (Å²) in [5, 5.41) is 8.89. The highest BCUT2D eigenvalue weighted by Crippen LogP contribution is 2.29. The molecule has 5 heteroatoms. The van der Waals surface area contributed by atoms with Crippen molar-refractivity contribution < 1.29 is 14.7 Å². The number of primary amides is 1. The molecule has 0 aliphatic carbocycles. The lowest BCUT2D eigenvalue weighted by Crippen LogP contribution is -2.32. The SMILES string of the molecule is CN(C(N)=O)c1cccc(C(C)(C)CC(=O)O)c1. The molecule has 0 aliphatic rings. The van der Waals surface area contributed by atoms with E-state index in [1.807, 2.05) is 19.9 Å². The molecule has 0 fully saturated rings. The average Bonchev–Trinajstić information content (AvgIpc) is 2.26. The standard InChI is InChI=1S/C13H18N2O3/c1-13(2,8-11(16)17)9-5-4-6-10(7-9)15(3)12(14)18/h4-7H,8H2,1-3H3,(H2,14,18)(H,16,17). The van der Waals surface area contributed by atoms with E-state index in [1.165, 1.54) is 4.90 Å². The van der Waals surface area contributed by atoms with E-state index in [2.05, 4.69) is 0 Å². The van der Waals surface area contributed by atoms with E-state index in [0.29, 0.717) is 5.69 Å². The molecule has 0 radical (unpaired) electrons. The maximum atomic E-state index is 11.1. The minimum Gasteiger partial charge on any atom is -0.481 e. The van der Waals surface area contributed by atoms with E-state index in [-0.39, 0.29) is 6.42 Å². The highest BCUT2D eigenvalue weighted by molar-refractivity contribution is 5.90. The lowest BCUT2D eigenvalue weighted by atomic mass is 9.81. The number of nitrogens with two attached hydrogens (primary N) is 1. The second-order valence-corrected chi connectivity index (χ2v) is 4.90. The van der Waals surface area contributed by atoms with Crippen LogP contribution in [0.1, 0.15) is 25.8 Å². The Labute approximate surface area is 106 Å². The van der Waals surface area contributed by atoms with Crippen LogP contribution < -0.4 is 10.6 Å². The molecule has 0 aromatic heterocycles. The third-order valence-corrected chi connectivity index (χ3v) is 2.94. The third-order valence-electron chi connectivity index (χ3n) is 2.94. The highest BCUT2D eigenvalue weighted by Gasteiger charge is 2.24. The predicted octanol–water partition coefficient (Wildman–Crippen LogP) is 1.95. The number of aliphatic carboxylic acids is 1. The van der Waals surface area contributed by atoms with Gasteiger partial charge in [0.1, 0.15) is 0 Å². The molecule has 0 saturated heterocycles. The van der Waals surface area contributed by atoms with Crippen LogP contribution in [0.15, 0.2) is 24.3 Å². The van der Waals surface area contributed by atoms with E-state index in [4.69, 9.17) is 10.8 Å². The molecule has 0 atom stereocenters. The van der Waals surface area contributed by atoms with Gasteiger partial charge in [0.2, 0.25) is 0 Å². The number of hydrogen-bond donors (Lipinski definition) is 2. The number of nitrogens with zero attached hydrogens (tertiary/aromatic N) is 1. The average molecular weight is 250 g/mol. The fourth-order valence-corrected chi connectivity index (χ4v) is 1.74. The van der Waals surface area contributed by atoms with Crippen molar-refractivity contribution in [2.75, 3.05) is 11.9 Å². The molecule has 0 aliphatic heterocycles. The summed E-state index contributed by atoms with van der Waals surface area (Å²) in [5.41, 5.74) is 6.21. The van der Waals surface area contributed by atoms with Gasteiger partial charge in [-0.15, -0.1) is 0 Å². The van der Waals surface area contributed by atoms with Gasteiger partial charge in [-0.1, -0.05) is 26.0 Å². The minimum atomic E-state index is -0.853. The van der Waals surface area contributed by atoms with Gasteiger partial charge in [-0.05, 0) is 17.7 Å². The molecule has 0 bridgehead atoms. The Kier molecular flexibility index (Phi) is 3.96. The zero-order valence-electron chi connectivity index (χ0n) is 10.8. The maximum absolute atomic E-state index is 11.1. The summed E-state index contributed by atoms with van der Waals surface area (Å²) in [4.78, 5) is 23.2. The molecule has 98 valence electrons. The topological polar surface area (TPSA) is 83.6 Å². The number of urea groups is 1. The number of hydrogen-bond acceptors (Lipinski definition) is 2. The Bertz CT molecular complexity index is 469. The Morgan fingerprint density at radius 2 is 2.00 bits per heavy atom. The molecule has 0 heterocycles. The van der Waals surface area contributed by atoms with E-state index < -0.39 is 17.4 Å². The lowest BCUT2D eigenvalue weighted by Gasteiger charge is -2.25. The van der Waals surface area contributed by atoms with Crippen LogP contribution in [0.4, 0.5) is 10.5 Å². The normalized spacial score (nSPS) is 11.1. The van der Waals surface area contributed by atoms with Crippen molar-refractivity contribution in [2.45, 2.75) is 25.7 Å². The van der Waals surface area contributed by atoms with Gasteiger partial charge in [0, 0.05) is 18.2 Å². The van der Waals surface area contributed by atoms with E-state index in [0.717, 1.165) is 5.56 Å². The molecule has 1 rings (SSSR count). The predicted molar refractivity (Wildman–Crippen MR) is 69.7 cm³/mol. The number of rotatable bonds is 4. The van der Waals surface area contributed by atoms with Gasteiger partial charge in [-0.3, -0.25) is 9.69 Å². The summed E-state index contributed by atoms with van der Waals surface area (Å²) in [7, 11) is 1.58. The molecular weight excluding hydrogens is 232 g/mol. The Hall–Kier alpha value is -2.04. The summed E-state index contributed by atoms with van der Waals surface area (Å²) < 4.78 is 0. The second kappa shape index (κ2) is 5.08. The fourth-order valence-electron chi connectivity index (χ4n) is 1.74. The molecule has 2 amide bonds. The van der Waals surface area contributed by atoms with Crippen LogP contribution in [-0.2, 0) is 10.2 Å². The number of carboxylic acid groups (broad SMARTS) is 1. The van der Waals surface area contributed by atoms with Gasteiger partial charge in [0.15, 0.2) is 0 Å². The van der Waals surface area contributed by atoms with Crippen molar-refractivity contribution in [2.24, 2.45) is 5.73 Å². The third kappa shape index (κ3) is 3.23. The van der Waals surface area contributed by atoms with Crippen molar-refractivity contribution in [3.05, 3.63) is 29.8 Å². The van der Waals surface area contributed by atoms with Crippen LogP contribution in [0.2, 0.25) is 0 Å². The van der Waals surface area contributed by atoms with Crippen molar-refractivity contribution in [1.29, 1.82) is 0 Å². The summed E-state index contributed by atoms with van der Waals surface area (Å²) in [6, 6.07) is 6.62. The second-order valence-electron chi connectivity index (χ2n) is 4.90. The van der Waals surface area contributed by atoms with Gasteiger partial charge in [-0.25, -0.2) is 4.79 Å². The first-order valence-corrected chi connectivity index (χ1v) is 5.59. The van der Waals surface area contributed by atoms with Gasteiger partial charge in [0.05, 0.1) is 6.42 Å². The monoisotopic (exact) mass is 250 g/mol.